The minimum atomic E-state index is 0.441. The number of hydrogen-bond donors (Lipinski definition) is 1. The molecule has 1 heterocycles. The summed E-state index contributed by atoms with van der Waals surface area (Å²) in [5.41, 5.74) is 1.30. The van der Waals surface area contributed by atoms with Gasteiger partial charge in [-0.15, -0.1) is 0 Å². The van der Waals surface area contributed by atoms with Gasteiger partial charge in [0.05, 0.1) is 6.20 Å². The summed E-state index contributed by atoms with van der Waals surface area (Å²) in [4.78, 5) is 0. The lowest BCUT2D eigenvalue weighted by atomic mass is 10.2. The quantitative estimate of drug-likeness (QED) is 0.774. The van der Waals surface area contributed by atoms with Crippen molar-refractivity contribution in [2.75, 3.05) is 6.54 Å². The summed E-state index contributed by atoms with van der Waals surface area (Å²) in [6, 6.07) is 0.441. The second-order valence-corrected chi connectivity index (χ2v) is 4.20. The van der Waals surface area contributed by atoms with Gasteiger partial charge in [-0.25, -0.2) is 0 Å². The Morgan fingerprint density at radius 1 is 1.64 bits per heavy atom. The number of nitrogens with zero attached hydrogens (tertiary/aromatic N) is 2. The molecule has 2 rings (SSSR count). The fourth-order valence-electron chi connectivity index (χ4n) is 1.56. The Morgan fingerprint density at radius 3 is 3.00 bits per heavy atom. The number of rotatable bonds is 5. The number of aromatic nitrogens is 2. The van der Waals surface area contributed by atoms with Crippen LogP contribution < -0.4 is 5.32 Å². The Kier molecular flexibility index (Phi) is 2.87. The van der Waals surface area contributed by atoms with Gasteiger partial charge in [0.2, 0.25) is 0 Å². The summed E-state index contributed by atoms with van der Waals surface area (Å²) < 4.78 is 1.98. The van der Waals surface area contributed by atoms with Crippen LogP contribution in [0.3, 0.4) is 0 Å². The summed E-state index contributed by atoms with van der Waals surface area (Å²) in [6.45, 7) is 6.44. The van der Waals surface area contributed by atoms with E-state index in [9.17, 15) is 0 Å². The number of aryl methyl sites for hydroxylation is 1. The molecule has 1 fully saturated rings. The van der Waals surface area contributed by atoms with Crippen molar-refractivity contribution in [3.8, 4) is 0 Å². The molecule has 0 radical (unpaired) electrons. The molecule has 3 heteroatoms. The van der Waals surface area contributed by atoms with Crippen LogP contribution in [0.25, 0.3) is 0 Å². The van der Waals surface area contributed by atoms with E-state index >= 15 is 0 Å². The summed E-state index contributed by atoms with van der Waals surface area (Å²) in [7, 11) is 0. The molecule has 1 atom stereocenters. The van der Waals surface area contributed by atoms with Crippen molar-refractivity contribution < 1.29 is 0 Å². The van der Waals surface area contributed by atoms with Crippen molar-refractivity contribution in [2.45, 2.75) is 39.3 Å². The zero-order valence-electron chi connectivity index (χ0n) is 9.03. The monoisotopic (exact) mass is 193 g/mol. The molecule has 0 aromatic carbocycles. The number of nitrogens with one attached hydrogen (secondary N) is 1. The molecular weight excluding hydrogens is 174 g/mol. The first-order valence-electron chi connectivity index (χ1n) is 5.55. The Labute approximate surface area is 85.5 Å². The molecule has 78 valence electrons. The lowest BCUT2D eigenvalue weighted by Gasteiger charge is -2.10. The van der Waals surface area contributed by atoms with Gasteiger partial charge in [0.25, 0.3) is 0 Å². The van der Waals surface area contributed by atoms with E-state index in [0.29, 0.717) is 6.04 Å². The Hall–Kier alpha value is -0.830. The van der Waals surface area contributed by atoms with Gasteiger partial charge in [0, 0.05) is 24.3 Å². The Morgan fingerprint density at radius 2 is 2.43 bits per heavy atom. The van der Waals surface area contributed by atoms with E-state index in [4.69, 9.17) is 0 Å². The van der Waals surface area contributed by atoms with Gasteiger partial charge in [-0.2, -0.15) is 5.10 Å². The third kappa shape index (κ3) is 2.35. The van der Waals surface area contributed by atoms with Crippen LogP contribution >= 0.6 is 0 Å². The smallest absolute Gasteiger partial charge is 0.0537 e. The molecule has 1 N–H and O–H groups in total. The highest BCUT2D eigenvalue weighted by molar-refractivity contribution is 5.09. The van der Waals surface area contributed by atoms with E-state index in [1.165, 1.54) is 24.9 Å². The van der Waals surface area contributed by atoms with Crippen LogP contribution in [0.15, 0.2) is 12.4 Å². The molecule has 0 saturated heterocycles. The summed E-state index contributed by atoms with van der Waals surface area (Å²) in [6.07, 6.45) is 6.92. The molecule has 1 unspecified atom stereocenters. The largest absolute Gasteiger partial charge is 0.310 e. The maximum Gasteiger partial charge on any atom is 0.0537 e. The van der Waals surface area contributed by atoms with Crippen molar-refractivity contribution in [1.29, 1.82) is 0 Å². The van der Waals surface area contributed by atoms with E-state index in [1.54, 1.807) is 0 Å². The van der Waals surface area contributed by atoms with Gasteiger partial charge in [0.15, 0.2) is 0 Å². The zero-order chi connectivity index (χ0) is 9.97. The van der Waals surface area contributed by atoms with Gasteiger partial charge in [0.1, 0.15) is 0 Å². The zero-order valence-corrected chi connectivity index (χ0v) is 9.03. The van der Waals surface area contributed by atoms with E-state index in [-0.39, 0.29) is 0 Å². The van der Waals surface area contributed by atoms with Crippen LogP contribution in [-0.4, -0.2) is 16.3 Å². The summed E-state index contributed by atoms with van der Waals surface area (Å²) in [5, 5.41) is 7.82. The minimum absolute atomic E-state index is 0.441. The van der Waals surface area contributed by atoms with Crippen LogP contribution in [0.1, 0.15) is 38.3 Å². The van der Waals surface area contributed by atoms with E-state index in [0.717, 1.165) is 12.5 Å². The highest BCUT2D eigenvalue weighted by atomic mass is 15.3. The van der Waals surface area contributed by atoms with Gasteiger partial charge in [-0.3, -0.25) is 4.68 Å². The molecule has 1 saturated carbocycles. The lowest BCUT2D eigenvalue weighted by molar-refractivity contribution is 0.547. The molecule has 3 nitrogen and oxygen atoms in total. The van der Waals surface area contributed by atoms with Crippen molar-refractivity contribution >= 4 is 0 Å². The molecule has 0 bridgehead atoms. The van der Waals surface area contributed by atoms with Gasteiger partial charge in [-0.05, 0) is 39.2 Å². The molecule has 1 aromatic rings. The fraction of sp³-hybridized carbons (Fsp3) is 0.727. The SMILES string of the molecule is CCn1cc(C(C)NCC2CC2)cn1. The standard InChI is InChI=1S/C11H19N3/c1-3-14-8-11(7-13-14)9(2)12-6-10-4-5-10/h7-10,12H,3-6H2,1-2H3. The second kappa shape index (κ2) is 4.13. The van der Waals surface area contributed by atoms with E-state index in [1.807, 2.05) is 10.9 Å². The van der Waals surface area contributed by atoms with E-state index in [2.05, 4.69) is 30.5 Å². The highest BCUT2D eigenvalue weighted by Gasteiger charge is 2.21. The predicted molar refractivity (Wildman–Crippen MR) is 57.0 cm³/mol. The van der Waals surface area contributed by atoms with Crippen LogP contribution in [-0.2, 0) is 6.54 Å². The highest BCUT2D eigenvalue weighted by Crippen LogP contribution is 2.28. The Bertz CT molecular complexity index is 288. The van der Waals surface area contributed by atoms with Crippen molar-refractivity contribution in [3.05, 3.63) is 18.0 Å². The van der Waals surface area contributed by atoms with Crippen LogP contribution in [0.5, 0.6) is 0 Å². The third-order valence-corrected chi connectivity index (χ3v) is 2.89. The Balaban J connectivity index is 1.85. The molecule has 1 aromatic heterocycles. The first-order valence-corrected chi connectivity index (χ1v) is 5.55. The molecule has 14 heavy (non-hydrogen) atoms. The molecule has 0 amide bonds. The van der Waals surface area contributed by atoms with Crippen LogP contribution in [0.2, 0.25) is 0 Å². The van der Waals surface area contributed by atoms with E-state index < -0.39 is 0 Å². The van der Waals surface area contributed by atoms with Gasteiger partial charge < -0.3 is 5.32 Å². The minimum Gasteiger partial charge on any atom is -0.310 e. The second-order valence-electron chi connectivity index (χ2n) is 4.20. The predicted octanol–water partition coefficient (Wildman–Crippen LogP) is 1.96. The van der Waals surface area contributed by atoms with Crippen molar-refractivity contribution in [3.63, 3.8) is 0 Å². The third-order valence-electron chi connectivity index (χ3n) is 2.89. The first kappa shape index (κ1) is 9.71. The van der Waals surface area contributed by atoms with Crippen LogP contribution in [0, 0.1) is 5.92 Å². The van der Waals surface area contributed by atoms with Crippen LogP contribution in [0.4, 0.5) is 0 Å². The number of hydrogen-bond acceptors (Lipinski definition) is 2. The lowest BCUT2D eigenvalue weighted by Crippen LogP contribution is -2.20. The van der Waals surface area contributed by atoms with Crippen molar-refractivity contribution in [2.24, 2.45) is 5.92 Å². The molecular formula is C11H19N3. The molecule has 0 aliphatic heterocycles. The fourth-order valence-corrected chi connectivity index (χ4v) is 1.56. The van der Waals surface area contributed by atoms with Gasteiger partial charge in [-0.1, -0.05) is 0 Å². The normalized spacial score (nSPS) is 18.4. The summed E-state index contributed by atoms with van der Waals surface area (Å²) >= 11 is 0. The molecule has 1 aliphatic carbocycles. The van der Waals surface area contributed by atoms with Crippen molar-refractivity contribution in [1.82, 2.24) is 15.1 Å². The maximum absolute atomic E-state index is 4.28. The average molecular weight is 193 g/mol. The summed E-state index contributed by atoms with van der Waals surface area (Å²) in [5.74, 6) is 0.943. The molecule has 0 spiro atoms. The molecule has 1 aliphatic rings. The first-order chi connectivity index (χ1) is 6.79. The van der Waals surface area contributed by atoms with Gasteiger partial charge >= 0.3 is 0 Å². The topological polar surface area (TPSA) is 29.9 Å². The maximum atomic E-state index is 4.28. The average Bonchev–Trinajstić information content (AvgIpc) is 2.90.